The highest BCUT2D eigenvalue weighted by Gasteiger charge is 2.36. The van der Waals surface area contributed by atoms with E-state index in [0.717, 1.165) is 6.26 Å². The molecule has 2 aromatic carbocycles. The summed E-state index contributed by atoms with van der Waals surface area (Å²) in [5, 5.41) is 3.52. The number of carbonyl (C=O) groups is 2. The molecule has 1 N–H and O–H groups in total. The summed E-state index contributed by atoms with van der Waals surface area (Å²) >= 11 is 7.24. The Balaban J connectivity index is 1.55. The Morgan fingerprint density at radius 2 is 2.03 bits per heavy atom. The average molecular weight is 494 g/mol. The second kappa shape index (κ2) is 8.68. The highest BCUT2D eigenvalue weighted by molar-refractivity contribution is 7.90. The molecular weight excluding hydrogens is 474 g/mol. The van der Waals surface area contributed by atoms with Gasteiger partial charge in [0.15, 0.2) is 15.0 Å². The highest BCUT2D eigenvalue weighted by atomic mass is 35.5. The van der Waals surface area contributed by atoms with Gasteiger partial charge >= 0.3 is 0 Å². The first kappa shape index (κ1) is 22.5. The molecule has 1 aliphatic rings. The van der Waals surface area contributed by atoms with Crippen molar-refractivity contribution in [2.24, 2.45) is 0 Å². The third-order valence-corrected chi connectivity index (χ3v) is 7.51. The molecule has 0 radical (unpaired) electrons. The summed E-state index contributed by atoms with van der Waals surface area (Å²) in [5.74, 6) is -0.290. The van der Waals surface area contributed by atoms with Gasteiger partial charge in [-0.15, -0.1) is 0 Å². The number of benzene rings is 2. The van der Waals surface area contributed by atoms with Gasteiger partial charge in [0.1, 0.15) is 11.8 Å². The maximum atomic E-state index is 13.2. The SMILES string of the molecule is COc1ccc(Cl)cc1C(=O)N1CCCC1C(=O)Nc1nc2ccc(S(C)(=O)=O)cc2s1. The maximum absolute atomic E-state index is 13.2. The number of thiazole rings is 1. The Bertz CT molecular complexity index is 1320. The molecule has 11 heteroatoms. The molecule has 1 aromatic heterocycles. The molecular formula is C21H20ClN3O5S2. The minimum Gasteiger partial charge on any atom is -0.496 e. The van der Waals surface area contributed by atoms with Gasteiger partial charge in [0, 0.05) is 17.8 Å². The molecule has 168 valence electrons. The number of hydrogen-bond donors (Lipinski definition) is 1. The van der Waals surface area contributed by atoms with E-state index in [1.54, 1.807) is 18.2 Å². The molecule has 1 fully saturated rings. The lowest BCUT2D eigenvalue weighted by Crippen LogP contribution is -2.43. The largest absolute Gasteiger partial charge is 0.496 e. The zero-order valence-electron chi connectivity index (χ0n) is 17.3. The van der Waals surface area contributed by atoms with Crippen molar-refractivity contribution in [2.75, 3.05) is 25.2 Å². The number of aromatic nitrogens is 1. The third kappa shape index (κ3) is 4.43. The van der Waals surface area contributed by atoms with Crippen molar-refractivity contribution in [1.29, 1.82) is 0 Å². The maximum Gasteiger partial charge on any atom is 0.258 e. The Kier molecular flexibility index (Phi) is 6.11. The number of nitrogens with zero attached hydrogens (tertiary/aromatic N) is 2. The van der Waals surface area contributed by atoms with E-state index in [0.29, 0.717) is 51.1 Å². The van der Waals surface area contributed by atoms with Crippen LogP contribution in [0.2, 0.25) is 5.02 Å². The number of fused-ring (bicyclic) bond motifs is 1. The highest BCUT2D eigenvalue weighted by Crippen LogP contribution is 2.31. The van der Waals surface area contributed by atoms with E-state index >= 15 is 0 Å². The van der Waals surface area contributed by atoms with Crippen LogP contribution in [0.3, 0.4) is 0 Å². The predicted molar refractivity (Wildman–Crippen MR) is 123 cm³/mol. The average Bonchev–Trinajstić information content (AvgIpc) is 3.38. The van der Waals surface area contributed by atoms with Crippen molar-refractivity contribution >= 4 is 59.9 Å². The molecule has 0 bridgehead atoms. The lowest BCUT2D eigenvalue weighted by Gasteiger charge is -2.24. The molecule has 0 aliphatic carbocycles. The number of anilines is 1. The second-order valence-corrected chi connectivity index (χ2v) is 10.9. The van der Waals surface area contributed by atoms with Gasteiger partial charge in [-0.2, -0.15) is 0 Å². The first-order valence-corrected chi connectivity index (χ1v) is 12.8. The Morgan fingerprint density at radius 1 is 1.25 bits per heavy atom. The summed E-state index contributed by atoms with van der Waals surface area (Å²) < 4.78 is 29.5. The fourth-order valence-electron chi connectivity index (χ4n) is 3.66. The van der Waals surface area contributed by atoms with E-state index in [2.05, 4.69) is 10.3 Å². The predicted octanol–water partition coefficient (Wildman–Crippen LogP) is 3.61. The van der Waals surface area contributed by atoms with Crippen molar-refractivity contribution in [2.45, 2.75) is 23.8 Å². The van der Waals surface area contributed by atoms with Gasteiger partial charge in [0.05, 0.1) is 27.8 Å². The molecule has 0 saturated carbocycles. The molecule has 2 amide bonds. The molecule has 3 aromatic rings. The monoisotopic (exact) mass is 493 g/mol. The van der Waals surface area contributed by atoms with Gasteiger partial charge < -0.3 is 15.0 Å². The lowest BCUT2D eigenvalue weighted by molar-refractivity contribution is -0.119. The summed E-state index contributed by atoms with van der Waals surface area (Å²) in [7, 11) is -1.88. The summed E-state index contributed by atoms with van der Waals surface area (Å²) in [6.07, 6.45) is 2.34. The van der Waals surface area contributed by atoms with Crippen molar-refractivity contribution in [3.63, 3.8) is 0 Å². The van der Waals surface area contributed by atoms with Crippen molar-refractivity contribution < 1.29 is 22.7 Å². The standard InChI is InChI=1S/C21H20ClN3O5S2/c1-30-17-8-5-12(22)10-14(17)20(27)25-9-3-4-16(25)19(26)24-21-23-15-7-6-13(32(2,28)29)11-18(15)31-21/h5-8,10-11,16H,3-4,9H2,1-2H3,(H,23,24,26). The Morgan fingerprint density at radius 3 is 2.75 bits per heavy atom. The molecule has 8 nitrogen and oxygen atoms in total. The first-order chi connectivity index (χ1) is 15.2. The van der Waals surface area contributed by atoms with Crippen LogP contribution >= 0.6 is 22.9 Å². The number of sulfone groups is 1. The Hall–Kier alpha value is -2.69. The van der Waals surface area contributed by atoms with Crippen LogP contribution in [0.5, 0.6) is 5.75 Å². The molecule has 32 heavy (non-hydrogen) atoms. The minimum atomic E-state index is -3.35. The minimum absolute atomic E-state index is 0.189. The zero-order valence-corrected chi connectivity index (χ0v) is 19.7. The fraction of sp³-hybridized carbons (Fsp3) is 0.286. The van der Waals surface area contributed by atoms with E-state index in [-0.39, 0.29) is 16.7 Å². The number of methoxy groups -OCH3 is 1. The number of ether oxygens (including phenoxy) is 1. The molecule has 1 saturated heterocycles. The molecule has 1 aliphatic heterocycles. The van der Waals surface area contributed by atoms with E-state index in [4.69, 9.17) is 16.3 Å². The van der Waals surface area contributed by atoms with Gasteiger partial charge in [-0.1, -0.05) is 22.9 Å². The topological polar surface area (TPSA) is 106 Å². The van der Waals surface area contributed by atoms with Crippen LogP contribution in [0.1, 0.15) is 23.2 Å². The summed E-state index contributed by atoms with van der Waals surface area (Å²) in [5.41, 5.74) is 0.883. The van der Waals surface area contributed by atoms with Crippen LogP contribution < -0.4 is 10.1 Å². The lowest BCUT2D eigenvalue weighted by atomic mass is 10.1. The third-order valence-electron chi connectivity index (χ3n) is 5.23. The number of amides is 2. The first-order valence-electron chi connectivity index (χ1n) is 9.73. The van der Waals surface area contributed by atoms with E-state index < -0.39 is 15.9 Å². The summed E-state index contributed by atoms with van der Waals surface area (Å²) in [4.78, 5) is 32.2. The van der Waals surface area contributed by atoms with Crippen molar-refractivity contribution in [1.82, 2.24) is 9.88 Å². The number of hydrogen-bond acceptors (Lipinski definition) is 7. The summed E-state index contributed by atoms with van der Waals surface area (Å²) in [6.45, 7) is 0.435. The van der Waals surface area contributed by atoms with Crippen molar-refractivity contribution in [3.8, 4) is 5.75 Å². The molecule has 4 rings (SSSR count). The van der Waals surface area contributed by atoms with Crippen LogP contribution in [-0.4, -0.2) is 56.1 Å². The van der Waals surface area contributed by atoms with Gasteiger partial charge in [-0.05, 0) is 49.2 Å². The molecule has 1 atom stereocenters. The van der Waals surface area contributed by atoms with E-state index in [9.17, 15) is 18.0 Å². The number of halogens is 1. The van der Waals surface area contributed by atoms with Gasteiger partial charge in [0.2, 0.25) is 5.91 Å². The van der Waals surface area contributed by atoms with Gasteiger partial charge in [0.25, 0.3) is 5.91 Å². The fourth-order valence-corrected chi connectivity index (χ4v) is 5.46. The van der Waals surface area contributed by atoms with Crippen LogP contribution in [0.15, 0.2) is 41.3 Å². The number of nitrogens with one attached hydrogen (secondary N) is 1. The van der Waals surface area contributed by atoms with Crippen LogP contribution in [0.4, 0.5) is 5.13 Å². The second-order valence-electron chi connectivity index (χ2n) is 7.41. The number of rotatable bonds is 5. The van der Waals surface area contributed by atoms with Gasteiger partial charge in [-0.25, -0.2) is 13.4 Å². The number of likely N-dealkylation sites (tertiary alicyclic amines) is 1. The zero-order chi connectivity index (χ0) is 23.0. The number of carbonyl (C=O) groups excluding carboxylic acids is 2. The summed E-state index contributed by atoms with van der Waals surface area (Å²) in [6, 6.07) is 8.75. The van der Waals surface area contributed by atoms with Crippen molar-refractivity contribution in [3.05, 3.63) is 47.0 Å². The van der Waals surface area contributed by atoms with E-state index in [1.807, 2.05) is 0 Å². The van der Waals surface area contributed by atoms with Crippen LogP contribution in [0, 0.1) is 0 Å². The van der Waals surface area contributed by atoms with E-state index in [1.165, 1.54) is 41.5 Å². The quantitative estimate of drug-likeness (QED) is 0.582. The van der Waals surface area contributed by atoms with Gasteiger partial charge in [-0.3, -0.25) is 9.59 Å². The molecule has 2 heterocycles. The van der Waals surface area contributed by atoms with Crippen LogP contribution in [0.25, 0.3) is 10.2 Å². The Labute approximate surface area is 194 Å². The normalized spacial score (nSPS) is 16.3. The molecule has 0 spiro atoms. The van der Waals surface area contributed by atoms with Crippen LogP contribution in [-0.2, 0) is 14.6 Å². The smallest absolute Gasteiger partial charge is 0.258 e. The molecule has 1 unspecified atom stereocenters.